The Balaban J connectivity index is 2.22. The van der Waals surface area contributed by atoms with Gasteiger partial charge in [0.05, 0.1) is 0 Å². The number of thiophene rings is 1. The van der Waals surface area contributed by atoms with Crippen molar-refractivity contribution in [3.63, 3.8) is 0 Å². The molecule has 0 bridgehead atoms. The van der Waals surface area contributed by atoms with E-state index in [9.17, 15) is 14.7 Å². The number of carboxylic acid groups (broad SMARTS) is 1. The normalized spacial score (nSPS) is 19.9. The minimum Gasteiger partial charge on any atom is -0.479 e. The summed E-state index contributed by atoms with van der Waals surface area (Å²) in [6.45, 7) is 2.37. The molecule has 0 saturated heterocycles. The molecular weight excluding hydrogens is 264 g/mol. The van der Waals surface area contributed by atoms with Gasteiger partial charge in [0.25, 0.3) is 0 Å². The Morgan fingerprint density at radius 1 is 1.63 bits per heavy atom. The molecule has 5 nitrogen and oxygen atoms in total. The molecule has 1 aliphatic rings. The van der Waals surface area contributed by atoms with E-state index in [4.69, 9.17) is 5.73 Å². The van der Waals surface area contributed by atoms with Crippen molar-refractivity contribution in [1.29, 1.82) is 0 Å². The zero-order chi connectivity index (χ0) is 14.0. The van der Waals surface area contributed by atoms with Crippen LogP contribution in [0.2, 0.25) is 0 Å². The number of nitrogens with zero attached hydrogens (tertiary/aromatic N) is 1. The molecule has 3 N–H and O–H groups in total. The molecule has 2 rings (SSSR count). The minimum absolute atomic E-state index is 0.168. The fourth-order valence-electron chi connectivity index (χ4n) is 2.34. The molecule has 0 fully saturated rings. The minimum atomic E-state index is -0.974. The van der Waals surface area contributed by atoms with Gasteiger partial charge in [0.15, 0.2) is 6.04 Å². The molecule has 1 aliphatic heterocycles. The molecule has 1 amide bonds. The number of carbonyl (C=O) groups is 2. The fourth-order valence-corrected chi connectivity index (χ4v) is 3.24. The number of amides is 1. The van der Waals surface area contributed by atoms with Gasteiger partial charge in [-0.25, -0.2) is 4.79 Å². The first-order chi connectivity index (χ1) is 9.04. The summed E-state index contributed by atoms with van der Waals surface area (Å²) in [5.74, 6) is -1.14. The molecule has 0 aliphatic carbocycles. The molecule has 1 aromatic rings. The van der Waals surface area contributed by atoms with Crippen LogP contribution in [-0.2, 0) is 16.0 Å². The maximum atomic E-state index is 12.2. The molecule has 0 aromatic carbocycles. The fraction of sp³-hybridized carbons (Fsp3) is 0.538. The van der Waals surface area contributed by atoms with Gasteiger partial charge in [0, 0.05) is 23.9 Å². The van der Waals surface area contributed by atoms with E-state index in [1.54, 1.807) is 17.4 Å². The summed E-state index contributed by atoms with van der Waals surface area (Å²) in [5.41, 5.74) is 6.54. The molecule has 2 heterocycles. The van der Waals surface area contributed by atoms with E-state index >= 15 is 0 Å². The van der Waals surface area contributed by atoms with E-state index in [0.717, 1.165) is 16.9 Å². The lowest BCUT2D eigenvalue weighted by atomic mass is 9.99. The third-order valence-electron chi connectivity index (χ3n) is 3.48. The second-order valence-corrected chi connectivity index (χ2v) is 5.75. The van der Waals surface area contributed by atoms with Crippen molar-refractivity contribution in [3.8, 4) is 0 Å². The number of nitrogens with two attached hydrogens (primary N) is 1. The van der Waals surface area contributed by atoms with Crippen molar-refractivity contribution in [2.75, 3.05) is 6.54 Å². The van der Waals surface area contributed by atoms with Crippen LogP contribution in [0.4, 0.5) is 0 Å². The Bertz CT molecular complexity index is 486. The van der Waals surface area contributed by atoms with Gasteiger partial charge in [-0.1, -0.05) is 6.92 Å². The lowest BCUT2D eigenvalue weighted by Crippen LogP contribution is -2.44. The van der Waals surface area contributed by atoms with E-state index < -0.39 is 12.0 Å². The predicted octanol–water partition coefficient (Wildman–Crippen LogP) is 1.39. The van der Waals surface area contributed by atoms with Gasteiger partial charge in [-0.15, -0.1) is 11.3 Å². The highest BCUT2D eigenvalue weighted by molar-refractivity contribution is 7.10. The zero-order valence-corrected chi connectivity index (χ0v) is 11.7. The van der Waals surface area contributed by atoms with Gasteiger partial charge >= 0.3 is 5.97 Å². The Hall–Kier alpha value is -1.40. The number of fused-ring (bicyclic) bond motifs is 1. The number of carboxylic acids is 1. The first-order valence-corrected chi connectivity index (χ1v) is 7.26. The Morgan fingerprint density at radius 2 is 2.37 bits per heavy atom. The summed E-state index contributed by atoms with van der Waals surface area (Å²) in [6, 6.07) is 0.746. The monoisotopic (exact) mass is 282 g/mol. The molecule has 2 atom stereocenters. The number of rotatable bonds is 4. The quantitative estimate of drug-likeness (QED) is 0.874. The zero-order valence-electron chi connectivity index (χ0n) is 10.8. The largest absolute Gasteiger partial charge is 0.479 e. The summed E-state index contributed by atoms with van der Waals surface area (Å²) >= 11 is 1.55. The SMILES string of the molecule is CCC(N)CC(=O)N1CCc2sccc2C1C(=O)O. The van der Waals surface area contributed by atoms with Gasteiger partial charge in [-0.3, -0.25) is 4.79 Å². The first-order valence-electron chi connectivity index (χ1n) is 6.38. The van der Waals surface area contributed by atoms with Gasteiger partial charge in [-0.05, 0) is 29.9 Å². The summed E-state index contributed by atoms with van der Waals surface area (Å²) < 4.78 is 0. The van der Waals surface area contributed by atoms with Crippen molar-refractivity contribution in [3.05, 3.63) is 21.9 Å². The highest BCUT2D eigenvalue weighted by Crippen LogP contribution is 2.33. The molecule has 19 heavy (non-hydrogen) atoms. The maximum absolute atomic E-state index is 12.2. The van der Waals surface area contributed by atoms with Crippen LogP contribution in [0, 0.1) is 0 Å². The summed E-state index contributed by atoms with van der Waals surface area (Å²) in [6.07, 6.45) is 1.64. The van der Waals surface area contributed by atoms with Gasteiger partial charge in [0.2, 0.25) is 5.91 Å². The summed E-state index contributed by atoms with van der Waals surface area (Å²) in [4.78, 5) is 26.2. The topological polar surface area (TPSA) is 83.6 Å². The average molecular weight is 282 g/mol. The summed E-state index contributed by atoms with van der Waals surface area (Å²) in [7, 11) is 0. The molecule has 0 saturated carbocycles. The van der Waals surface area contributed by atoms with E-state index in [2.05, 4.69) is 0 Å². The number of hydrogen-bond donors (Lipinski definition) is 2. The van der Waals surface area contributed by atoms with Crippen molar-refractivity contribution in [2.24, 2.45) is 5.73 Å². The molecule has 0 radical (unpaired) electrons. The van der Waals surface area contributed by atoms with Gasteiger partial charge in [0.1, 0.15) is 0 Å². The second kappa shape index (κ2) is 5.71. The van der Waals surface area contributed by atoms with Crippen molar-refractivity contribution in [2.45, 2.75) is 38.3 Å². The van der Waals surface area contributed by atoms with Crippen LogP contribution in [0.3, 0.4) is 0 Å². The standard InChI is InChI=1S/C13H18N2O3S/c1-2-8(14)7-11(16)15-5-3-10-9(4-6-19-10)12(15)13(17)18/h4,6,8,12H,2-3,5,7,14H2,1H3,(H,17,18). The van der Waals surface area contributed by atoms with Crippen molar-refractivity contribution >= 4 is 23.2 Å². The van der Waals surface area contributed by atoms with Gasteiger partial charge in [-0.2, -0.15) is 0 Å². The number of carbonyl (C=O) groups excluding carboxylic acids is 1. The number of aliphatic carboxylic acids is 1. The van der Waals surface area contributed by atoms with E-state index in [1.807, 2.05) is 12.3 Å². The molecule has 0 spiro atoms. The second-order valence-electron chi connectivity index (χ2n) is 4.75. The predicted molar refractivity (Wildman–Crippen MR) is 73.0 cm³/mol. The third-order valence-corrected chi connectivity index (χ3v) is 4.48. The molecular formula is C13H18N2O3S. The average Bonchev–Trinajstić information content (AvgIpc) is 2.84. The smallest absolute Gasteiger partial charge is 0.331 e. The van der Waals surface area contributed by atoms with E-state index in [0.29, 0.717) is 13.0 Å². The van der Waals surface area contributed by atoms with Crippen molar-refractivity contribution < 1.29 is 14.7 Å². The third kappa shape index (κ3) is 2.79. The highest BCUT2D eigenvalue weighted by Gasteiger charge is 2.36. The lowest BCUT2D eigenvalue weighted by Gasteiger charge is -2.33. The molecule has 2 unspecified atom stereocenters. The Labute approximate surface area is 116 Å². The first kappa shape index (κ1) is 14.0. The van der Waals surface area contributed by atoms with Crippen molar-refractivity contribution in [1.82, 2.24) is 4.90 Å². The Morgan fingerprint density at radius 3 is 3.00 bits per heavy atom. The van der Waals surface area contributed by atoms with Crippen LogP contribution in [0.15, 0.2) is 11.4 Å². The van der Waals surface area contributed by atoms with Crippen LogP contribution in [0.25, 0.3) is 0 Å². The van der Waals surface area contributed by atoms with Crippen LogP contribution < -0.4 is 5.73 Å². The van der Waals surface area contributed by atoms with E-state index in [-0.39, 0.29) is 18.4 Å². The van der Waals surface area contributed by atoms with Crippen LogP contribution in [0.1, 0.15) is 36.2 Å². The Kier molecular flexibility index (Phi) is 4.21. The number of hydrogen-bond acceptors (Lipinski definition) is 4. The molecule has 1 aromatic heterocycles. The van der Waals surface area contributed by atoms with Crippen LogP contribution in [-0.4, -0.2) is 34.5 Å². The maximum Gasteiger partial charge on any atom is 0.331 e. The van der Waals surface area contributed by atoms with E-state index in [1.165, 1.54) is 4.90 Å². The van der Waals surface area contributed by atoms with Crippen LogP contribution >= 0.6 is 11.3 Å². The lowest BCUT2D eigenvalue weighted by molar-refractivity contribution is -0.151. The highest BCUT2D eigenvalue weighted by atomic mass is 32.1. The molecule has 6 heteroatoms. The summed E-state index contributed by atoms with van der Waals surface area (Å²) in [5, 5.41) is 11.3. The molecule has 104 valence electrons. The van der Waals surface area contributed by atoms with Crippen LogP contribution in [0.5, 0.6) is 0 Å². The van der Waals surface area contributed by atoms with Gasteiger partial charge < -0.3 is 15.7 Å².